The number of nitrogens with one attached hydrogen (secondary N) is 2. The number of halogens is 1. The fraction of sp³-hybridized carbons (Fsp3) is 0.538. The lowest BCUT2D eigenvalue weighted by atomic mass is 10.1. The molecule has 6 nitrogen and oxygen atoms in total. The van der Waals surface area contributed by atoms with E-state index in [-0.39, 0.29) is 30.0 Å². The summed E-state index contributed by atoms with van der Waals surface area (Å²) in [6.45, 7) is 5.13. The Bertz CT molecular complexity index is 426. The Balaban J connectivity index is 0.00000361. The Hall–Kier alpha value is -1.09. The molecular weight excluding hydrogens is 367 g/mol. The van der Waals surface area contributed by atoms with Gasteiger partial charge in [-0.3, -0.25) is 9.67 Å². The Morgan fingerprint density at radius 2 is 2.25 bits per heavy atom. The van der Waals surface area contributed by atoms with Crippen LogP contribution in [-0.2, 0) is 7.05 Å². The number of nitrogens with zero attached hydrogens (tertiary/aromatic N) is 4. The van der Waals surface area contributed by atoms with E-state index in [0.717, 1.165) is 12.5 Å². The monoisotopic (exact) mass is 392 g/mol. The topological polar surface area (TPSA) is 57.5 Å². The molecule has 0 spiro atoms. The quantitative estimate of drug-likeness (QED) is 0.328. The fourth-order valence-corrected chi connectivity index (χ4v) is 1.79. The van der Waals surface area contributed by atoms with Crippen molar-refractivity contribution in [2.45, 2.75) is 6.04 Å². The standard InChI is InChI=1S/C13H24N6.HI/c1-6-7-15-13(14-2)16-9-12(18(3)4)11-8-17-19(5)10-11;/h6,8,10,12H,1,7,9H2,2-5H3,(H2,14,15,16);1H. The van der Waals surface area contributed by atoms with Crippen LogP contribution in [-0.4, -0.2) is 54.9 Å². The van der Waals surface area contributed by atoms with Gasteiger partial charge in [-0.15, -0.1) is 30.6 Å². The number of likely N-dealkylation sites (N-methyl/N-ethyl adjacent to an activating group) is 1. The van der Waals surface area contributed by atoms with Crippen LogP contribution in [0.2, 0.25) is 0 Å². The number of guanidine groups is 1. The zero-order chi connectivity index (χ0) is 14.3. The van der Waals surface area contributed by atoms with Gasteiger partial charge in [0.1, 0.15) is 0 Å². The van der Waals surface area contributed by atoms with Gasteiger partial charge in [0.05, 0.1) is 12.2 Å². The third kappa shape index (κ3) is 5.91. The molecule has 1 atom stereocenters. The molecule has 1 rings (SSSR count). The number of hydrogen-bond donors (Lipinski definition) is 2. The summed E-state index contributed by atoms with van der Waals surface area (Å²) in [7, 11) is 7.79. The minimum absolute atomic E-state index is 0. The maximum absolute atomic E-state index is 4.22. The van der Waals surface area contributed by atoms with E-state index in [0.29, 0.717) is 6.54 Å². The summed E-state index contributed by atoms with van der Waals surface area (Å²) in [6.07, 6.45) is 5.73. The SMILES string of the molecule is C=CCNC(=NC)NCC(c1cnn(C)c1)N(C)C.I. The largest absolute Gasteiger partial charge is 0.354 e. The van der Waals surface area contributed by atoms with Gasteiger partial charge in [0.15, 0.2) is 5.96 Å². The summed E-state index contributed by atoms with van der Waals surface area (Å²) in [5.41, 5.74) is 1.18. The van der Waals surface area contributed by atoms with Crippen molar-refractivity contribution in [1.29, 1.82) is 0 Å². The molecule has 0 saturated carbocycles. The molecule has 1 aromatic heterocycles. The third-order valence-electron chi connectivity index (χ3n) is 2.83. The average molecular weight is 392 g/mol. The van der Waals surface area contributed by atoms with Crippen molar-refractivity contribution in [1.82, 2.24) is 25.3 Å². The predicted molar refractivity (Wildman–Crippen MR) is 94.6 cm³/mol. The molecule has 20 heavy (non-hydrogen) atoms. The highest BCUT2D eigenvalue weighted by molar-refractivity contribution is 14.0. The van der Waals surface area contributed by atoms with Crippen molar-refractivity contribution in [2.75, 3.05) is 34.2 Å². The van der Waals surface area contributed by atoms with Gasteiger partial charge in [-0.25, -0.2) is 0 Å². The lowest BCUT2D eigenvalue weighted by Crippen LogP contribution is -2.41. The highest BCUT2D eigenvalue weighted by Gasteiger charge is 2.16. The summed E-state index contributed by atoms with van der Waals surface area (Å²) >= 11 is 0. The van der Waals surface area contributed by atoms with E-state index < -0.39 is 0 Å². The van der Waals surface area contributed by atoms with Gasteiger partial charge in [-0.2, -0.15) is 5.10 Å². The van der Waals surface area contributed by atoms with Crippen LogP contribution in [0.1, 0.15) is 11.6 Å². The highest BCUT2D eigenvalue weighted by Crippen LogP contribution is 2.15. The maximum Gasteiger partial charge on any atom is 0.191 e. The molecule has 2 N–H and O–H groups in total. The number of hydrogen-bond acceptors (Lipinski definition) is 3. The normalized spacial score (nSPS) is 12.8. The summed E-state index contributed by atoms with van der Waals surface area (Å²) in [6, 6.07) is 0.246. The molecule has 1 aromatic rings. The van der Waals surface area contributed by atoms with Crippen LogP contribution in [0.15, 0.2) is 30.0 Å². The van der Waals surface area contributed by atoms with Crippen molar-refractivity contribution in [3.05, 3.63) is 30.6 Å². The van der Waals surface area contributed by atoms with Gasteiger partial charge in [0.2, 0.25) is 0 Å². The van der Waals surface area contributed by atoms with Gasteiger partial charge in [-0.1, -0.05) is 6.08 Å². The van der Waals surface area contributed by atoms with E-state index >= 15 is 0 Å². The smallest absolute Gasteiger partial charge is 0.191 e. The van der Waals surface area contributed by atoms with E-state index in [1.807, 2.05) is 24.1 Å². The number of aliphatic imine (C=N–C) groups is 1. The molecule has 0 aromatic carbocycles. The number of aryl methyl sites for hydroxylation is 1. The van der Waals surface area contributed by atoms with Crippen LogP contribution in [0, 0.1) is 0 Å². The average Bonchev–Trinajstić information content (AvgIpc) is 2.79. The minimum atomic E-state index is 0. The van der Waals surface area contributed by atoms with Crippen molar-refractivity contribution in [2.24, 2.45) is 12.0 Å². The first-order valence-corrected chi connectivity index (χ1v) is 6.28. The molecule has 0 amide bonds. The maximum atomic E-state index is 4.22. The summed E-state index contributed by atoms with van der Waals surface area (Å²) in [4.78, 5) is 6.32. The Kier molecular flexibility index (Phi) is 9.23. The van der Waals surface area contributed by atoms with E-state index in [1.165, 1.54) is 5.56 Å². The fourth-order valence-electron chi connectivity index (χ4n) is 1.79. The molecule has 0 aliphatic carbocycles. The molecule has 1 heterocycles. The highest BCUT2D eigenvalue weighted by atomic mass is 127. The predicted octanol–water partition coefficient (Wildman–Crippen LogP) is 0.992. The molecule has 0 fully saturated rings. The first-order valence-electron chi connectivity index (χ1n) is 6.28. The van der Waals surface area contributed by atoms with Crippen molar-refractivity contribution >= 4 is 29.9 Å². The van der Waals surface area contributed by atoms with E-state index in [4.69, 9.17) is 0 Å². The van der Waals surface area contributed by atoms with Gasteiger partial charge in [0.25, 0.3) is 0 Å². The molecule has 0 aliphatic rings. The molecule has 7 heteroatoms. The summed E-state index contributed by atoms with van der Waals surface area (Å²) in [5, 5.41) is 10.7. The first kappa shape index (κ1) is 18.9. The zero-order valence-corrected chi connectivity index (χ0v) is 15.0. The molecule has 0 saturated heterocycles. The first-order chi connectivity index (χ1) is 9.08. The number of rotatable bonds is 6. The molecule has 1 unspecified atom stereocenters. The zero-order valence-electron chi connectivity index (χ0n) is 12.6. The van der Waals surface area contributed by atoms with Gasteiger partial charge in [-0.05, 0) is 14.1 Å². The Labute approximate surface area is 138 Å². The van der Waals surface area contributed by atoms with Crippen LogP contribution in [0.3, 0.4) is 0 Å². The molecule has 0 bridgehead atoms. The molecular formula is C13H25IN6. The van der Waals surface area contributed by atoms with Gasteiger partial charge >= 0.3 is 0 Å². The summed E-state index contributed by atoms with van der Waals surface area (Å²) in [5.74, 6) is 0.774. The van der Waals surface area contributed by atoms with E-state index in [9.17, 15) is 0 Å². The van der Waals surface area contributed by atoms with Crippen LogP contribution in [0.5, 0.6) is 0 Å². The van der Waals surface area contributed by atoms with Crippen molar-refractivity contribution < 1.29 is 0 Å². The van der Waals surface area contributed by atoms with Gasteiger partial charge < -0.3 is 15.5 Å². The lowest BCUT2D eigenvalue weighted by Gasteiger charge is -2.24. The Morgan fingerprint density at radius 1 is 1.55 bits per heavy atom. The second-order valence-corrected chi connectivity index (χ2v) is 4.55. The van der Waals surface area contributed by atoms with E-state index in [2.05, 4.69) is 46.3 Å². The third-order valence-corrected chi connectivity index (χ3v) is 2.83. The Morgan fingerprint density at radius 3 is 2.70 bits per heavy atom. The molecule has 0 aliphatic heterocycles. The number of aromatic nitrogens is 2. The van der Waals surface area contributed by atoms with Crippen molar-refractivity contribution in [3.63, 3.8) is 0 Å². The van der Waals surface area contributed by atoms with Gasteiger partial charge in [0, 0.05) is 38.9 Å². The lowest BCUT2D eigenvalue weighted by molar-refractivity contribution is 0.298. The van der Waals surface area contributed by atoms with Crippen LogP contribution in [0.4, 0.5) is 0 Å². The van der Waals surface area contributed by atoms with Crippen LogP contribution < -0.4 is 10.6 Å². The minimum Gasteiger partial charge on any atom is -0.354 e. The van der Waals surface area contributed by atoms with E-state index in [1.54, 1.807) is 13.1 Å². The van der Waals surface area contributed by atoms with Crippen LogP contribution in [0.25, 0.3) is 0 Å². The molecule has 0 radical (unpaired) electrons. The van der Waals surface area contributed by atoms with Crippen molar-refractivity contribution in [3.8, 4) is 0 Å². The van der Waals surface area contributed by atoms with Crippen LogP contribution >= 0.6 is 24.0 Å². The second-order valence-electron chi connectivity index (χ2n) is 4.55. The second kappa shape index (κ2) is 9.76. The molecule has 114 valence electrons. The summed E-state index contributed by atoms with van der Waals surface area (Å²) < 4.78 is 1.82.